The number of sulfonamides is 1. The van der Waals surface area contributed by atoms with Crippen LogP contribution in [0.5, 0.6) is 0 Å². The Morgan fingerprint density at radius 2 is 1.73 bits per heavy atom. The summed E-state index contributed by atoms with van der Waals surface area (Å²) in [5.74, 6) is -0.251. The number of fused-ring (bicyclic) bond motifs is 6. The second-order valence-corrected chi connectivity index (χ2v) is 10.9. The van der Waals surface area contributed by atoms with Crippen LogP contribution in [0.1, 0.15) is 0 Å². The second-order valence-electron chi connectivity index (χ2n) is 8.72. The zero-order valence-electron chi connectivity index (χ0n) is 19.3. The summed E-state index contributed by atoms with van der Waals surface area (Å²) in [6.45, 7) is 0. The van der Waals surface area contributed by atoms with E-state index in [1.807, 2.05) is 24.3 Å². The predicted octanol–water partition coefficient (Wildman–Crippen LogP) is 6.06. The van der Waals surface area contributed by atoms with Crippen molar-refractivity contribution in [1.29, 1.82) is 0 Å². The van der Waals surface area contributed by atoms with Crippen molar-refractivity contribution in [3.63, 3.8) is 0 Å². The molecule has 7 nitrogen and oxygen atoms in total. The number of aromatic amines is 2. The number of aromatic nitrogens is 3. The molecule has 6 aromatic rings. The third-order valence-electron chi connectivity index (χ3n) is 6.18. The molecule has 0 aliphatic heterocycles. The fourth-order valence-electron chi connectivity index (χ4n) is 4.67. The highest BCUT2D eigenvalue weighted by Crippen LogP contribution is 2.38. The Morgan fingerprint density at radius 3 is 2.51 bits per heavy atom. The van der Waals surface area contributed by atoms with Gasteiger partial charge in [-0.2, -0.15) is 0 Å². The minimum Gasteiger partial charge on any atom is -0.337 e. The monoisotopic (exact) mass is 532 g/mol. The lowest BCUT2D eigenvalue weighted by Gasteiger charge is -2.10. The topological polar surface area (TPSA) is 108 Å². The Balaban J connectivity index is 1.64. The minimum absolute atomic E-state index is 0.151. The number of nitrogens with one attached hydrogen (secondary N) is 3. The maximum atomic E-state index is 14.7. The SMILES string of the molecule is CS(=O)(=O)Nc1cccc(-c2ccc3c(c2)c2c(=O)[nH]ccc2c2nc(-c4c(F)cccc4Cl)[nH]c32)c1. The lowest BCUT2D eigenvalue weighted by Crippen LogP contribution is -2.09. The molecule has 0 radical (unpaired) electrons. The molecule has 0 unspecified atom stereocenters. The summed E-state index contributed by atoms with van der Waals surface area (Å²) in [5, 5.41) is 2.65. The summed E-state index contributed by atoms with van der Waals surface area (Å²) in [7, 11) is -3.44. The van der Waals surface area contributed by atoms with E-state index in [-0.39, 0.29) is 22.0 Å². The third-order valence-corrected chi connectivity index (χ3v) is 7.10. The Labute approximate surface area is 215 Å². The molecule has 0 atom stereocenters. The number of hydrogen-bond donors (Lipinski definition) is 3. The molecule has 0 spiro atoms. The standard InChI is InChI=1S/C27H18ClFN4O3S/c1-37(35,36)33-16-5-2-4-14(12-16)15-8-9-17-19(13-15)22-18(10-11-30-27(22)34)25-24(17)31-26(32-25)23-20(28)6-3-7-21(23)29/h2-13,33H,1H3,(H,30,34)(H,31,32). The highest BCUT2D eigenvalue weighted by molar-refractivity contribution is 7.92. The van der Waals surface area contributed by atoms with Gasteiger partial charge in [0.1, 0.15) is 11.6 Å². The lowest BCUT2D eigenvalue weighted by atomic mass is 9.96. The summed E-state index contributed by atoms with van der Waals surface area (Å²) < 4.78 is 40.5. The van der Waals surface area contributed by atoms with Crippen LogP contribution in [-0.2, 0) is 10.0 Å². The highest BCUT2D eigenvalue weighted by atomic mass is 35.5. The first-order chi connectivity index (χ1) is 17.7. The maximum Gasteiger partial charge on any atom is 0.256 e. The first-order valence-electron chi connectivity index (χ1n) is 11.2. The van der Waals surface area contributed by atoms with Gasteiger partial charge in [0.05, 0.1) is 33.3 Å². The number of benzene rings is 4. The van der Waals surface area contributed by atoms with Crippen molar-refractivity contribution in [3.8, 4) is 22.5 Å². The molecular formula is C27H18ClFN4O3S. The smallest absolute Gasteiger partial charge is 0.256 e. The van der Waals surface area contributed by atoms with Crippen molar-refractivity contribution in [2.75, 3.05) is 11.0 Å². The molecule has 0 fully saturated rings. The molecule has 2 aromatic heterocycles. The van der Waals surface area contributed by atoms with Crippen molar-refractivity contribution >= 4 is 59.9 Å². The second kappa shape index (κ2) is 8.43. The van der Waals surface area contributed by atoms with E-state index in [4.69, 9.17) is 11.6 Å². The van der Waals surface area contributed by atoms with Crippen LogP contribution in [0.15, 0.2) is 77.7 Å². The van der Waals surface area contributed by atoms with Gasteiger partial charge in [-0.1, -0.05) is 41.9 Å². The Kier molecular flexibility index (Phi) is 5.29. The van der Waals surface area contributed by atoms with E-state index in [0.29, 0.717) is 32.9 Å². The predicted molar refractivity (Wildman–Crippen MR) is 146 cm³/mol. The average molecular weight is 533 g/mol. The number of H-pyrrole nitrogens is 2. The number of nitrogens with zero attached hydrogens (tertiary/aromatic N) is 1. The molecule has 6 rings (SSSR count). The molecule has 2 heterocycles. The normalized spacial score (nSPS) is 12.0. The van der Waals surface area contributed by atoms with E-state index in [1.54, 1.807) is 36.5 Å². The molecule has 10 heteroatoms. The van der Waals surface area contributed by atoms with Gasteiger partial charge in [0.15, 0.2) is 0 Å². The van der Waals surface area contributed by atoms with E-state index < -0.39 is 15.8 Å². The van der Waals surface area contributed by atoms with Gasteiger partial charge in [-0.3, -0.25) is 9.52 Å². The zero-order chi connectivity index (χ0) is 25.9. The number of anilines is 1. The van der Waals surface area contributed by atoms with Gasteiger partial charge in [0.2, 0.25) is 10.0 Å². The van der Waals surface area contributed by atoms with Gasteiger partial charge in [0, 0.05) is 22.7 Å². The lowest BCUT2D eigenvalue weighted by molar-refractivity contribution is 0.607. The zero-order valence-corrected chi connectivity index (χ0v) is 20.8. The maximum absolute atomic E-state index is 14.7. The van der Waals surface area contributed by atoms with Gasteiger partial charge < -0.3 is 9.97 Å². The summed E-state index contributed by atoms with van der Waals surface area (Å²) >= 11 is 6.30. The van der Waals surface area contributed by atoms with Crippen LogP contribution in [0, 0.1) is 5.82 Å². The van der Waals surface area contributed by atoms with Crippen LogP contribution >= 0.6 is 11.6 Å². The molecular weight excluding hydrogens is 515 g/mol. The number of rotatable bonds is 4. The van der Waals surface area contributed by atoms with Crippen molar-refractivity contribution in [2.24, 2.45) is 0 Å². The van der Waals surface area contributed by atoms with Gasteiger partial charge >= 0.3 is 0 Å². The molecule has 4 aromatic carbocycles. The van der Waals surface area contributed by atoms with Crippen LogP contribution < -0.4 is 10.3 Å². The Bertz CT molecular complexity index is 2030. The first kappa shape index (κ1) is 23.2. The number of halogens is 2. The van der Waals surface area contributed by atoms with E-state index in [2.05, 4.69) is 19.7 Å². The average Bonchev–Trinajstić information content (AvgIpc) is 3.28. The van der Waals surface area contributed by atoms with E-state index in [9.17, 15) is 17.6 Å². The van der Waals surface area contributed by atoms with E-state index in [1.165, 1.54) is 12.1 Å². The molecule has 0 amide bonds. The van der Waals surface area contributed by atoms with Crippen LogP contribution in [0.2, 0.25) is 5.02 Å². The van der Waals surface area contributed by atoms with Crippen molar-refractivity contribution < 1.29 is 12.8 Å². The van der Waals surface area contributed by atoms with Crippen LogP contribution in [0.25, 0.3) is 55.1 Å². The quantitative estimate of drug-likeness (QED) is 0.240. The van der Waals surface area contributed by atoms with Gasteiger partial charge in [0.25, 0.3) is 5.56 Å². The number of imidazole rings is 1. The molecule has 0 saturated carbocycles. The van der Waals surface area contributed by atoms with Gasteiger partial charge in [-0.15, -0.1) is 0 Å². The Hall–Kier alpha value is -4.21. The fourth-order valence-corrected chi connectivity index (χ4v) is 5.48. The molecule has 0 aliphatic carbocycles. The van der Waals surface area contributed by atoms with Crippen LogP contribution in [0.4, 0.5) is 10.1 Å². The largest absolute Gasteiger partial charge is 0.337 e. The summed E-state index contributed by atoms with van der Waals surface area (Å²) in [6.07, 6.45) is 2.64. The Morgan fingerprint density at radius 1 is 0.946 bits per heavy atom. The fraction of sp³-hybridized carbons (Fsp3) is 0.0370. The molecule has 0 saturated heterocycles. The van der Waals surface area contributed by atoms with E-state index >= 15 is 0 Å². The van der Waals surface area contributed by atoms with Crippen molar-refractivity contribution in [3.05, 3.63) is 94.1 Å². The molecule has 184 valence electrons. The van der Waals surface area contributed by atoms with Crippen molar-refractivity contribution in [2.45, 2.75) is 0 Å². The molecule has 0 bridgehead atoms. The number of hydrogen-bond acceptors (Lipinski definition) is 4. The third kappa shape index (κ3) is 4.02. The van der Waals surface area contributed by atoms with Crippen LogP contribution in [-0.4, -0.2) is 29.6 Å². The first-order valence-corrected chi connectivity index (χ1v) is 13.5. The number of pyridine rings is 1. The van der Waals surface area contributed by atoms with Crippen LogP contribution in [0.3, 0.4) is 0 Å². The van der Waals surface area contributed by atoms with E-state index in [0.717, 1.165) is 22.8 Å². The molecule has 0 aliphatic rings. The summed E-state index contributed by atoms with van der Waals surface area (Å²) in [4.78, 5) is 23.6. The molecule has 3 N–H and O–H groups in total. The van der Waals surface area contributed by atoms with Gasteiger partial charge in [-0.25, -0.2) is 17.8 Å². The highest BCUT2D eigenvalue weighted by Gasteiger charge is 2.19. The van der Waals surface area contributed by atoms with Gasteiger partial charge in [-0.05, 0) is 52.9 Å². The summed E-state index contributed by atoms with van der Waals surface area (Å²) in [6, 6.07) is 18.8. The molecule has 37 heavy (non-hydrogen) atoms. The minimum atomic E-state index is -3.44. The summed E-state index contributed by atoms with van der Waals surface area (Å²) in [5.41, 5.74) is 3.00. The van der Waals surface area contributed by atoms with Crippen molar-refractivity contribution in [1.82, 2.24) is 15.0 Å².